The molecular formula is C4H7N3. The van der Waals surface area contributed by atoms with Crippen LogP contribution in [0.5, 0.6) is 0 Å². The topological polar surface area (TPSA) is 57.0 Å². The fourth-order valence-corrected chi connectivity index (χ4v) is 0.406. The van der Waals surface area contributed by atoms with E-state index in [0.29, 0.717) is 5.82 Å². The molecule has 0 atom stereocenters. The molecule has 0 bridgehead atoms. The lowest BCUT2D eigenvalue weighted by Gasteiger charge is -1.90. The summed E-state index contributed by atoms with van der Waals surface area (Å²) in [6.07, 6.45) is 1.69. The van der Waals surface area contributed by atoms with Crippen molar-refractivity contribution in [3.8, 4) is 0 Å². The summed E-state index contributed by atoms with van der Waals surface area (Å²) in [5.74, 6) is 5.81. The SMILES string of the molecule is Nc1cccn1N. The molecule has 1 heterocycles. The third-order valence-corrected chi connectivity index (χ3v) is 0.812. The summed E-state index contributed by atoms with van der Waals surface area (Å²) >= 11 is 0. The van der Waals surface area contributed by atoms with Gasteiger partial charge in [0.2, 0.25) is 0 Å². The lowest BCUT2D eigenvalue weighted by atomic mass is 10.6. The fraction of sp³-hybridized carbons (Fsp3) is 0. The largest absolute Gasteiger partial charge is 0.384 e. The summed E-state index contributed by atoms with van der Waals surface area (Å²) in [5.41, 5.74) is 5.28. The van der Waals surface area contributed by atoms with E-state index in [1.165, 1.54) is 4.68 Å². The van der Waals surface area contributed by atoms with E-state index >= 15 is 0 Å². The quantitative estimate of drug-likeness (QED) is 0.440. The van der Waals surface area contributed by atoms with E-state index in [2.05, 4.69) is 0 Å². The lowest BCUT2D eigenvalue weighted by molar-refractivity contribution is 1.03. The first-order valence-electron chi connectivity index (χ1n) is 1.98. The van der Waals surface area contributed by atoms with E-state index in [1.807, 2.05) is 0 Å². The first-order valence-corrected chi connectivity index (χ1v) is 1.98. The van der Waals surface area contributed by atoms with Crippen LogP contribution in [0.15, 0.2) is 18.3 Å². The molecule has 0 saturated carbocycles. The molecule has 0 saturated heterocycles. The maximum atomic E-state index is 5.28. The lowest BCUT2D eigenvalue weighted by Crippen LogP contribution is -2.08. The van der Waals surface area contributed by atoms with Crippen molar-refractivity contribution in [3.63, 3.8) is 0 Å². The van der Waals surface area contributed by atoms with Gasteiger partial charge in [0.25, 0.3) is 0 Å². The Kier molecular flexibility index (Phi) is 0.685. The number of anilines is 1. The Morgan fingerprint density at radius 2 is 2.29 bits per heavy atom. The molecule has 0 spiro atoms. The third kappa shape index (κ3) is 0.513. The van der Waals surface area contributed by atoms with E-state index in [1.54, 1.807) is 18.3 Å². The second-order valence-corrected chi connectivity index (χ2v) is 1.34. The van der Waals surface area contributed by atoms with Crippen LogP contribution in [0.1, 0.15) is 0 Å². The van der Waals surface area contributed by atoms with Crippen LogP contribution in [0.25, 0.3) is 0 Å². The number of rotatable bonds is 0. The molecule has 0 amide bonds. The van der Waals surface area contributed by atoms with Gasteiger partial charge in [0, 0.05) is 6.20 Å². The van der Waals surface area contributed by atoms with Gasteiger partial charge in [0.1, 0.15) is 5.82 Å². The van der Waals surface area contributed by atoms with Gasteiger partial charge in [-0.15, -0.1) is 0 Å². The van der Waals surface area contributed by atoms with Crippen molar-refractivity contribution < 1.29 is 0 Å². The first kappa shape index (κ1) is 4.05. The van der Waals surface area contributed by atoms with Crippen LogP contribution in [0, 0.1) is 0 Å². The minimum absolute atomic E-state index is 0.583. The molecular weight excluding hydrogens is 90.1 g/mol. The van der Waals surface area contributed by atoms with Crippen molar-refractivity contribution in [1.29, 1.82) is 0 Å². The summed E-state index contributed by atoms with van der Waals surface area (Å²) in [4.78, 5) is 0. The Hall–Kier alpha value is -1.12. The molecule has 0 aliphatic carbocycles. The third-order valence-electron chi connectivity index (χ3n) is 0.812. The highest BCUT2D eigenvalue weighted by Crippen LogP contribution is 1.95. The van der Waals surface area contributed by atoms with Crippen molar-refractivity contribution in [3.05, 3.63) is 18.3 Å². The monoisotopic (exact) mass is 97.1 g/mol. The van der Waals surface area contributed by atoms with Crippen LogP contribution in [-0.4, -0.2) is 4.68 Å². The average Bonchev–Trinajstić information content (AvgIpc) is 1.91. The van der Waals surface area contributed by atoms with Crippen molar-refractivity contribution in [2.45, 2.75) is 0 Å². The second kappa shape index (κ2) is 1.18. The number of hydrogen-bond acceptors (Lipinski definition) is 2. The van der Waals surface area contributed by atoms with Gasteiger partial charge in [-0.3, -0.25) is 4.68 Å². The van der Waals surface area contributed by atoms with Crippen LogP contribution in [0.3, 0.4) is 0 Å². The molecule has 0 aromatic carbocycles. The van der Waals surface area contributed by atoms with E-state index < -0.39 is 0 Å². The molecule has 4 N–H and O–H groups in total. The van der Waals surface area contributed by atoms with Crippen molar-refractivity contribution in [1.82, 2.24) is 4.68 Å². The Bertz CT molecular complexity index is 139. The summed E-state index contributed by atoms with van der Waals surface area (Å²) in [6, 6.07) is 3.52. The molecule has 7 heavy (non-hydrogen) atoms. The van der Waals surface area contributed by atoms with Gasteiger partial charge in [0.15, 0.2) is 0 Å². The maximum absolute atomic E-state index is 5.28. The van der Waals surface area contributed by atoms with Crippen LogP contribution >= 0.6 is 0 Å². The van der Waals surface area contributed by atoms with Gasteiger partial charge >= 0.3 is 0 Å². The first-order chi connectivity index (χ1) is 3.30. The Morgan fingerprint density at radius 1 is 1.57 bits per heavy atom. The van der Waals surface area contributed by atoms with Gasteiger partial charge in [0.05, 0.1) is 0 Å². The van der Waals surface area contributed by atoms with Crippen molar-refractivity contribution in [2.24, 2.45) is 0 Å². The Labute approximate surface area is 41.5 Å². The zero-order valence-electron chi connectivity index (χ0n) is 3.83. The molecule has 38 valence electrons. The molecule has 1 rings (SSSR count). The van der Waals surface area contributed by atoms with Gasteiger partial charge in [-0.05, 0) is 12.1 Å². The average molecular weight is 97.1 g/mol. The smallest absolute Gasteiger partial charge is 0.122 e. The van der Waals surface area contributed by atoms with Crippen LogP contribution < -0.4 is 11.6 Å². The van der Waals surface area contributed by atoms with Crippen molar-refractivity contribution in [2.75, 3.05) is 11.6 Å². The molecule has 1 aromatic heterocycles. The summed E-state index contributed by atoms with van der Waals surface area (Å²) < 4.78 is 1.36. The van der Waals surface area contributed by atoms with Crippen LogP contribution in [0.2, 0.25) is 0 Å². The zero-order valence-corrected chi connectivity index (χ0v) is 3.83. The number of nitrogen functional groups attached to an aromatic ring is 2. The van der Waals surface area contributed by atoms with Crippen LogP contribution in [0.4, 0.5) is 5.82 Å². The second-order valence-electron chi connectivity index (χ2n) is 1.34. The highest BCUT2D eigenvalue weighted by Gasteiger charge is 1.83. The number of hydrogen-bond donors (Lipinski definition) is 2. The normalized spacial score (nSPS) is 9.14. The van der Waals surface area contributed by atoms with Gasteiger partial charge in [-0.2, -0.15) is 0 Å². The predicted molar refractivity (Wildman–Crippen MR) is 29.0 cm³/mol. The number of nitrogens with zero attached hydrogens (tertiary/aromatic N) is 1. The molecule has 0 radical (unpaired) electrons. The van der Waals surface area contributed by atoms with E-state index in [-0.39, 0.29) is 0 Å². The minimum Gasteiger partial charge on any atom is -0.384 e. The predicted octanol–water partition coefficient (Wildman–Crippen LogP) is -0.216. The molecule has 3 nitrogen and oxygen atoms in total. The standard InChI is InChI=1S/C4H7N3/c5-4-2-1-3-7(4)6/h1-3H,5-6H2. The summed E-state index contributed by atoms with van der Waals surface area (Å²) in [7, 11) is 0. The van der Waals surface area contributed by atoms with Crippen LogP contribution in [-0.2, 0) is 0 Å². The minimum atomic E-state index is 0.583. The molecule has 0 fully saturated rings. The zero-order chi connectivity index (χ0) is 5.28. The highest BCUT2D eigenvalue weighted by atomic mass is 15.3. The highest BCUT2D eigenvalue weighted by molar-refractivity contribution is 5.29. The Balaban J connectivity index is 3.12. The number of nitrogens with two attached hydrogens (primary N) is 2. The van der Waals surface area contributed by atoms with Crippen molar-refractivity contribution >= 4 is 5.82 Å². The molecule has 0 aliphatic rings. The van der Waals surface area contributed by atoms with Gasteiger partial charge in [-0.25, -0.2) is 0 Å². The maximum Gasteiger partial charge on any atom is 0.122 e. The molecule has 3 heteroatoms. The molecule has 0 unspecified atom stereocenters. The number of aromatic nitrogens is 1. The Morgan fingerprint density at radius 3 is 2.43 bits per heavy atom. The van der Waals surface area contributed by atoms with E-state index in [0.717, 1.165) is 0 Å². The molecule has 1 aromatic rings. The van der Waals surface area contributed by atoms with E-state index in [9.17, 15) is 0 Å². The molecule has 0 aliphatic heterocycles. The van der Waals surface area contributed by atoms with Gasteiger partial charge < -0.3 is 11.6 Å². The van der Waals surface area contributed by atoms with Gasteiger partial charge in [-0.1, -0.05) is 0 Å². The summed E-state index contributed by atoms with van der Waals surface area (Å²) in [5, 5.41) is 0. The fourth-order valence-electron chi connectivity index (χ4n) is 0.406. The summed E-state index contributed by atoms with van der Waals surface area (Å²) in [6.45, 7) is 0. The van der Waals surface area contributed by atoms with E-state index in [4.69, 9.17) is 11.6 Å².